The van der Waals surface area contributed by atoms with Crippen LogP contribution in [0.1, 0.15) is 102 Å². The maximum Gasteiger partial charge on any atom is 0.126 e. The molecule has 152 valence electrons. The van der Waals surface area contributed by atoms with Crippen LogP contribution < -0.4 is 4.74 Å². The molecule has 0 bridgehead atoms. The fraction of sp³-hybridized carbons (Fsp3) is 0.692. The van der Waals surface area contributed by atoms with Crippen molar-refractivity contribution in [3.8, 4) is 5.75 Å². The lowest BCUT2D eigenvalue weighted by Crippen LogP contribution is -2.13. The van der Waals surface area contributed by atoms with Crippen LogP contribution in [-0.2, 0) is 12.8 Å². The van der Waals surface area contributed by atoms with Gasteiger partial charge in [0, 0.05) is 0 Å². The average molecular weight is 371 g/mol. The van der Waals surface area contributed by atoms with Gasteiger partial charge >= 0.3 is 0 Å². The van der Waals surface area contributed by atoms with Crippen LogP contribution in [0, 0.1) is 11.8 Å². The third kappa shape index (κ3) is 6.13. The van der Waals surface area contributed by atoms with Gasteiger partial charge in [-0.1, -0.05) is 78.2 Å². The Balaban J connectivity index is 2.41. The first kappa shape index (κ1) is 22.1. The lowest BCUT2D eigenvalue weighted by atomic mass is 9.81. The second kappa shape index (κ2) is 11.6. The number of hydrogen-bond acceptors (Lipinski definition) is 1. The molecule has 0 N–H and O–H groups in total. The van der Waals surface area contributed by atoms with Gasteiger partial charge < -0.3 is 4.74 Å². The Labute approximate surface area is 168 Å². The third-order valence-corrected chi connectivity index (χ3v) is 6.38. The van der Waals surface area contributed by atoms with Gasteiger partial charge in [0.2, 0.25) is 0 Å². The highest BCUT2D eigenvalue weighted by Gasteiger charge is 2.34. The zero-order chi connectivity index (χ0) is 19.6. The summed E-state index contributed by atoms with van der Waals surface area (Å²) >= 11 is 0. The van der Waals surface area contributed by atoms with Crippen LogP contribution in [0.15, 0.2) is 24.8 Å². The van der Waals surface area contributed by atoms with Gasteiger partial charge in [0.25, 0.3) is 0 Å². The Hall–Kier alpha value is -1.24. The van der Waals surface area contributed by atoms with E-state index in [1.807, 2.05) is 6.08 Å². The quantitative estimate of drug-likeness (QED) is 0.269. The fourth-order valence-electron chi connectivity index (χ4n) is 4.88. The van der Waals surface area contributed by atoms with E-state index in [9.17, 15) is 0 Å². The molecule has 27 heavy (non-hydrogen) atoms. The van der Waals surface area contributed by atoms with Gasteiger partial charge in [0.05, 0.1) is 0 Å². The third-order valence-electron chi connectivity index (χ3n) is 6.38. The summed E-state index contributed by atoms with van der Waals surface area (Å²) in [6.07, 6.45) is 14.7. The van der Waals surface area contributed by atoms with Crippen molar-refractivity contribution in [1.82, 2.24) is 0 Å². The molecule has 1 aliphatic carbocycles. The second-order valence-corrected chi connectivity index (χ2v) is 8.74. The molecule has 1 aliphatic rings. The number of unbranched alkanes of at least 4 members (excludes halogenated alkanes) is 4. The first-order valence-corrected chi connectivity index (χ1v) is 11.5. The second-order valence-electron chi connectivity index (χ2n) is 8.74. The SMILES string of the molecule is C=CCOc1c(CCCCC)cc(CCCCC)cc1C1C(C)CCC1C. The molecule has 1 fully saturated rings. The Kier molecular flexibility index (Phi) is 9.45. The maximum atomic E-state index is 6.32. The summed E-state index contributed by atoms with van der Waals surface area (Å²) < 4.78 is 6.32. The zero-order valence-electron chi connectivity index (χ0n) is 18.4. The van der Waals surface area contributed by atoms with Crippen molar-refractivity contribution in [3.05, 3.63) is 41.5 Å². The number of ether oxygens (including phenoxy) is 1. The smallest absolute Gasteiger partial charge is 0.126 e. The van der Waals surface area contributed by atoms with Gasteiger partial charge in [-0.25, -0.2) is 0 Å². The summed E-state index contributed by atoms with van der Waals surface area (Å²) in [6.45, 7) is 13.9. The molecule has 0 spiro atoms. The molecule has 1 heteroatoms. The molecule has 0 amide bonds. The lowest BCUT2D eigenvalue weighted by Gasteiger charge is -2.26. The molecule has 0 aliphatic heterocycles. The van der Waals surface area contributed by atoms with Gasteiger partial charge in [0.15, 0.2) is 0 Å². The van der Waals surface area contributed by atoms with Crippen LogP contribution in [0.4, 0.5) is 0 Å². The summed E-state index contributed by atoms with van der Waals surface area (Å²) in [5.41, 5.74) is 4.47. The molecule has 1 nitrogen and oxygen atoms in total. The highest BCUT2D eigenvalue weighted by Crippen LogP contribution is 2.48. The van der Waals surface area contributed by atoms with E-state index in [0.29, 0.717) is 12.5 Å². The van der Waals surface area contributed by atoms with Crippen molar-refractivity contribution in [2.75, 3.05) is 6.61 Å². The predicted octanol–water partition coefficient (Wildman–Crippen LogP) is 7.87. The van der Waals surface area contributed by atoms with E-state index in [2.05, 4.69) is 46.4 Å². The van der Waals surface area contributed by atoms with E-state index in [4.69, 9.17) is 4.74 Å². The molecule has 0 saturated heterocycles. The number of aryl methyl sites for hydroxylation is 2. The molecule has 1 aromatic carbocycles. The largest absolute Gasteiger partial charge is 0.489 e. The number of benzene rings is 1. The van der Waals surface area contributed by atoms with Crippen LogP contribution in [0.25, 0.3) is 0 Å². The van der Waals surface area contributed by atoms with Crippen LogP contribution >= 0.6 is 0 Å². The van der Waals surface area contributed by atoms with E-state index in [1.54, 1.807) is 0 Å². The molecule has 0 heterocycles. The van der Waals surface area contributed by atoms with Gasteiger partial charge in [-0.3, -0.25) is 0 Å². The van der Waals surface area contributed by atoms with Crippen LogP contribution in [0.2, 0.25) is 0 Å². The van der Waals surface area contributed by atoms with Crippen molar-refractivity contribution in [2.24, 2.45) is 11.8 Å². The highest BCUT2D eigenvalue weighted by atomic mass is 16.5. The monoisotopic (exact) mass is 370 g/mol. The molecule has 2 unspecified atom stereocenters. The minimum atomic E-state index is 0.610. The highest BCUT2D eigenvalue weighted by molar-refractivity contribution is 5.48. The molecule has 1 aromatic rings. The van der Waals surface area contributed by atoms with Gasteiger partial charge in [-0.2, -0.15) is 0 Å². The molecular formula is C26H42O. The lowest BCUT2D eigenvalue weighted by molar-refractivity contribution is 0.341. The molecule has 2 rings (SSSR count). The van der Waals surface area contributed by atoms with E-state index >= 15 is 0 Å². The predicted molar refractivity (Wildman–Crippen MR) is 119 cm³/mol. The first-order chi connectivity index (χ1) is 13.1. The Bertz CT molecular complexity index is 564. The fourth-order valence-corrected chi connectivity index (χ4v) is 4.88. The van der Waals surface area contributed by atoms with Crippen LogP contribution in [-0.4, -0.2) is 6.61 Å². The van der Waals surface area contributed by atoms with Crippen molar-refractivity contribution in [3.63, 3.8) is 0 Å². The number of hydrogen-bond donors (Lipinski definition) is 0. The van der Waals surface area contributed by atoms with Crippen molar-refractivity contribution in [2.45, 2.75) is 97.8 Å². The van der Waals surface area contributed by atoms with Gasteiger partial charge in [-0.05, 0) is 73.0 Å². The molecule has 2 atom stereocenters. The Morgan fingerprint density at radius 2 is 1.59 bits per heavy atom. The van der Waals surface area contributed by atoms with Crippen LogP contribution in [0.5, 0.6) is 5.75 Å². The normalized spacial score (nSPS) is 22.1. The van der Waals surface area contributed by atoms with E-state index in [0.717, 1.165) is 18.3 Å². The summed E-state index contributed by atoms with van der Waals surface area (Å²) in [7, 11) is 0. The van der Waals surface area contributed by atoms with E-state index < -0.39 is 0 Å². The minimum absolute atomic E-state index is 0.610. The van der Waals surface area contributed by atoms with Gasteiger partial charge in [-0.15, -0.1) is 0 Å². The summed E-state index contributed by atoms with van der Waals surface area (Å²) in [6, 6.07) is 4.96. The standard InChI is InChI=1S/C26H42O/c1-6-9-11-13-22-18-23(14-12-10-7-2)26(27-17-8-3)24(19-22)25-20(4)15-16-21(25)5/h8,18-21,25H,3,6-7,9-17H2,1-2,4-5H3. The van der Waals surface area contributed by atoms with Crippen molar-refractivity contribution < 1.29 is 4.74 Å². The minimum Gasteiger partial charge on any atom is -0.489 e. The van der Waals surface area contributed by atoms with E-state index in [-0.39, 0.29) is 0 Å². The number of rotatable bonds is 12. The van der Waals surface area contributed by atoms with Gasteiger partial charge in [0.1, 0.15) is 12.4 Å². The summed E-state index contributed by atoms with van der Waals surface area (Å²) in [5.74, 6) is 3.33. The molecule has 1 saturated carbocycles. The summed E-state index contributed by atoms with van der Waals surface area (Å²) in [5, 5.41) is 0. The Morgan fingerprint density at radius 1 is 0.963 bits per heavy atom. The Morgan fingerprint density at radius 3 is 2.19 bits per heavy atom. The molecular weight excluding hydrogens is 328 g/mol. The van der Waals surface area contributed by atoms with Crippen molar-refractivity contribution in [1.29, 1.82) is 0 Å². The maximum absolute atomic E-state index is 6.32. The van der Waals surface area contributed by atoms with Crippen LogP contribution in [0.3, 0.4) is 0 Å². The molecule has 0 aromatic heterocycles. The summed E-state index contributed by atoms with van der Waals surface area (Å²) in [4.78, 5) is 0. The first-order valence-electron chi connectivity index (χ1n) is 11.5. The topological polar surface area (TPSA) is 9.23 Å². The molecule has 0 radical (unpaired) electrons. The zero-order valence-corrected chi connectivity index (χ0v) is 18.4. The average Bonchev–Trinajstić information content (AvgIpc) is 2.99. The van der Waals surface area contributed by atoms with Crippen molar-refractivity contribution >= 4 is 0 Å². The van der Waals surface area contributed by atoms with E-state index in [1.165, 1.54) is 80.2 Å².